The quantitative estimate of drug-likeness (QED) is 0.291. The van der Waals surface area contributed by atoms with Gasteiger partial charge in [0.2, 0.25) is 0 Å². The molecule has 0 aromatic heterocycles. The van der Waals surface area contributed by atoms with E-state index in [0.29, 0.717) is 11.9 Å². The van der Waals surface area contributed by atoms with Crippen LogP contribution in [0.1, 0.15) is 33.1 Å². The van der Waals surface area contributed by atoms with E-state index in [4.69, 9.17) is 10.9 Å². The molecule has 0 aromatic rings. The highest BCUT2D eigenvalue weighted by Gasteiger charge is 2.33. The van der Waals surface area contributed by atoms with Gasteiger partial charge in [0.25, 0.3) is 0 Å². The summed E-state index contributed by atoms with van der Waals surface area (Å²) in [7, 11) is 0. The molecular formula is C9H19N3O. The van der Waals surface area contributed by atoms with Crippen LogP contribution >= 0.6 is 0 Å². The van der Waals surface area contributed by atoms with Crippen molar-refractivity contribution in [3.63, 3.8) is 0 Å². The number of oxime groups is 1. The third-order valence-corrected chi connectivity index (χ3v) is 2.62. The van der Waals surface area contributed by atoms with Crippen molar-refractivity contribution in [3.05, 3.63) is 0 Å². The number of nitrogens with zero attached hydrogens (tertiary/aromatic N) is 2. The smallest absolute Gasteiger partial charge is 0.156 e. The molecule has 1 fully saturated rings. The summed E-state index contributed by atoms with van der Waals surface area (Å²) in [6, 6.07) is 0.776. The summed E-state index contributed by atoms with van der Waals surface area (Å²) in [6.07, 6.45) is 3.41. The van der Waals surface area contributed by atoms with E-state index < -0.39 is 0 Å². The Balaban J connectivity index is 2.61. The SMILES string of the molecule is CCC(C(N)=NO)N(CC)C1CC1. The summed E-state index contributed by atoms with van der Waals surface area (Å²) in [4.78, 5) is 2.31. The number of likely N-dealkylation sites (N-methyl/N-ethyl adjacent to an activating group) is 1. The number of hydrogen-bond acceptors (Lipinski definition) is 3. The number of amidine groups is 1. The Morgan fingerprint density at radius 1 is 1.62 bits per heavy atom. The molecular weight excluding hydrogens is 166 g/mol. The highest BCUT2D eigenvalue weighted by Crippen LogP contribution is 2.29. The predicted octanol–water partition coefficient (Wildman–Crippen LogP) is 0.996. The second kappa shape index (κ2) is 4.46. The van der Waals surface area contributed by atoms with E-state index >= 15 is 0 Å². The highest BCUT2D eigenvalue weighted by atomic mass is 16.4. The zero-order chi connectivity index (χ0) is 9.84. The van der Waals surface area contributed by atoms with Crippen molar-refractivity contribution in [1.29, 1.82) is 0 Å². The minimum atomic E-state index is 0.113. The molecule has 0 radical (unpaired) electrons. The first-order valence-electron chi connectivity index (χ1n) is 4.97. The van der Waals surface area contributed by atoms with Gasteiger partial charge in [-0.2, -0.15) is 0 Å². The van der Waals surface area contributed by atoms with E-state index in [-0.39, 0.29) is 6.04 Å². The number of rotatable bonds is 5. The molecule has 0 bridgehead atoms. The van der Waals surface area contributed by atoms with Crippen LogP contribution < -0.4 is 5.73 Å². The van der Waals surface area contributed by atoms with Crippen molar-refractivity contribution in [3.8, 4) is 0 Å². The maximum Gasteiger partial charge on any atom is 0.156 e. The Bertz CT molecular complexity index is 189. The van der Waals surface area contributed by atoms with Gasteiger partial charge in [0.05, 0.1) is 6.04 Å². The lowest BCUT2D eigenvalue weighted by molar-refractivity contribution is 0.229. The molecule has 1 saturated carbocycles. The van der Waals surface area contributed by atoms with Crippen LogP contribution in [0.15, 0.2) is 5.16 Å². The summed E-state index contributed by atoms with van der Waals surface area (Å²) < 4.78 is 0. The fourth-order valence-electron chi connectivity index (χ4n) is 1.82. The minimum absolute atomic E-state index is 0.113. The largest absolute Gasteiger partial charge is 0.409 e. The second-order valence-electron chi connectivity index (χ2n) is 3.51. The zero-order valence-electron chi connectivity index (χ0n) is 8.40. The first-order valence-corrected chi connectivity index (χ1v) is 4.97. The zero-order valence-corrected chi connectivity index (χ0v) is 8.40. The summed E-state index contributed by atoms with van der Waals surface area (Å²) in [5.41, 5.74) is 5.63. The Morgan fingerprint density at radius 3 is 2.54 bits per heavy atom. The van der Waals surface area contributed by atoms with E-state index in [2.05, 4.69) is 23.9 Å². The van der Waals surface area contributed by atoms with Crippen LogP contribution in [0.25, 0.3) is 0 Å². The fraction of sp³-hybridized carbons (Fsp3) is 0.889. The molecule has 13 heavy (non-hydrogen) atoms. The molecule has 0 saturated heterocycles. The van der Waals surface area contributed by atoms with Gasteiger partial charge in [-0.15, -0.1) is 0 Å². The molecule has 4 heteroatoms. The van der Waals surface area contributed by atoms with Crippen LogP contribution in [0.5, 0.6) is 0 Å². The van der Waals surface area contributed by atoms with Crippen LogP contribution in [0.2, 0.25) is 0 Å². The van der Waals surface area contributed by atoms with Crippen molar-refractivity contribution >= 4 is 5.84 Å². The average Bonchev–Trinajstić information content (AvgIpc) is 2.96. The van der Waals surface area contributed by atoms with Gasteiger partial charge in [0.15, 0.2) is 5.84 Å². The minimum Gasteiger partial charge on any atom is -0.409 e. The van der Waals surface area contributed by atoms with Gasteiger partial charge in [0, 0.05) is 6.04 Å². The topological polar surface area (TPSA) is 61.9 Å². The monoisotopic (exact) mass is 185 g/mol. The molecule has 1 aliphatic rings. The predicted molar refractivity (Wildman–Crippen MR) is 52.9 cm³/mol. The van der Waals surface area contributed by atoms with Crippen molar-refractivity contribution in [1.82, 2.24) is 4.90 Å². The molecule has 3 N–H and O–H groups in total. The Morgan fingerprint density at radius 2 is 2.23 bits per heavy atom. The summed E-state index contributed by atoms with van der Waals surface area (Å²) in [5.74, 6) is 0.344. The molecule has 1 unspecified atom stereocenters. The molecule has 1 rings (SSSR count). The van der Waals surface area contributed by atoms with Gasteiger partial charge < -0.3 is 10.9 Å². The van der Waals surface area contributed by atoms with Gasteiger partial charge in [-0.3, -0.25) is 4.90 Å². The second-order valence-corrected chi connectivity index (χ2v) is 3.51. The Labute approximate surface area is 79.4 Å². The number of nitrogens with two attached hydrogens (primary N) is 1. The normalized spacial score (nSPS) is 20.7. The van der Waals surface area contributed by atoms with Gasteiger partial charge in [-0.05, 0) is 25.8 Å². The molecule has 4 nitrogen and oxygen atoms in total. The standard InChI is InChI=1S/C9H19N3O/c1-3-8(9(10)11-13)12(4-2)7-5-6-7/h7-8,13H,3-6H2,1-2H3,(H2,10,11). The summed E-state index contributed by atoms with van der Waals surface area (Å²) in [6.45, 7) is 5.15. The molecule has 0 heterocycles. The Kier molecular flexibility index (Phi) is 3.54. The first-order chi connectivity index (χ1) is 6.24. The van der Waals surface area contributed by atoms with E-state index in [1.807, 2.05) is 0 Å². The Hall–Kier alpha value is -0.770. The third kappa shape index (κ3) is 2.34. The van der Waals surface area contributed by atoms with E-state index in [1.165, 1.54) is 12.8 Å². The van der Waals surface area contributed by atoms with Gasteiger partial charge >= 0.3 is 0 Å². The first kappa shape index (κ1) is 10.3. The lowest BCUT2D eigenvalue weighted by Gasteiger charge is -2.28. The van der Waals surface area contributed by atoms with Crippen LogP contribution in [0.4, 0.5) is 0 Å². The van der Waals surface area contributed by atoms with Crippen molar-refractivity contribution in [2.75, 3.05) is 6.54 Å². The van der Waals surface area contributed by atoms with Crippen LogP contribution in [0.3, 0.4) is 0 Å². The summed E-state index contributed by atoms with van der Waals surface area (Å²) in [5, 5.41) is 11.7. The number of hydrogen-bond donors (Lipinski definition) is 2. The summed E-state index contributed by atoms with van der Waals surface area (Å²) >= 11 is 0. The molecule has 0 aromatic carbocycles. The lowest BCUT2D eigenvalue weighted by atomic mass is 10.1. The fourth-order valence-corrected chi connectivity index (χ4v) is 1.82. The average molecular weight is 185 g/mol. The van der Waals surface area contributed by atoms with Crippen molar-refractivity contribution in [2.24, 2.45) is 10.9 Å². The van der Waals surface area contributed by atoms with E-state index in [0.717, 1.165) is 13.0 Å². The van der Waals surface area contributed by atoms with Crippen LogP contribution in [0, 0.1) is 0 Å². The molecule has 76 valence electrons. The lowest BCUT2D eigenvalue weighted by Crippen LogP contribution is -2.45. The maximum absolute atomic E-state index is 8.62. The molecule has 1 atom stereocenters. The van der Waals surface area contributed by atoms with Crippen LogP contribution in [-0.4, -0.2) is 34.6 Å². The van der Waals surface area contributed by atoms with E-state index in [1.54, 1.807) is 0 Å². The van der Waals surface area contributed by atoms with Gasteiger partial charge in [0.1, 0.15) is 0 Å². The molecule has 0 aliphatic heterocycles. The van der Waals surface area contributed by atoms with Gasteiger partial charge in [-0.1, -0.05) is 19.0 Å². The van der Waals surface area contributed by atoms with Crippen molar-refractivity contribution < 1.29 is 5.21 Å². The molecule has 0 spiro atoms. The molecule has 0 amide bonds. The van der Waals surface area contributed by atoms with Gasteiger partial charge in [-0.25, -0.2) is 0 Å². The van der Waals surface area contributed by atoms with Crippen LogP contribution in [-0.2, 0) is 0 Å². The van der Waals surface area contributed by atoms with Crippen molar-refractivity contribution in [2.45, 2.75) is 45.2 Å². The molecule has 1 aliphatic carbocycles. The highest BCUT2D eigenvalue weighted by molar-refractivity contribution is 5.85. The third-order valence-electron chi connectivity index (χ3n) is 2.62. The maximum atomic E-state index is 8.62. The van der Waals surface area contributed by atoms with E-state index in [9.17, 15) is 0 Å².